The van der Waals surface area contributed by atoms with Crippen molar-refractivity contribution >= 4 is 23.9 Å². The molecule has 2 aliphatic rings. The summed E-state index contributed by atoms with van der Waals surface area (Å²) in [6.45, 7) is 2.00. The van der Waals surface area contributed by atoms with Crippen LogP contribution >= 0.6 is 0 Å². The third-order valence-corrected chi connectivity index (χ3v) is 5.50. The van der Waals surface area contributed by atoms with Gasteiger partial charge in [0.15, 0.2) is 0 Å². The number of rotatable bonds is 5. The number of hydrazone groups is 1. The zero-order valence-electron chi connectivity index (χ0n) is 15.8. The fraction of sp³-hybridized carbons (Fsp3) is 0.318. The molecule has 1 N–H and O–H groups in total. The van der Waals surface area contributed by atoms with E-state index in [0.29, 0.717) is 12.1 Å². The molecule has 144 valence electrons. The Morgan fingerprint density at radius 2 is 1.89 bits per heavy atom. The largest absolute Gasteiger partial charge is 0.444 e. The molecule has 4 rings (SSSR count). The average Bonchev–Trinajstić information content (AvgIpc) is 3.05. The van der Waals surface area contributed by atoms with Crippen molar-refractivity contribution in [2.75, 3.05) is 4.90 Å². The lowest BCUT2D eigenvalue weighted by Crippen LogP contribution is -2.38. The maximum absolute atomic E-state index is 12.4. The zero-order chi connectivity index (χ0) is 19.5. The molecule has 6 nitrogen and oxygen atoms in total. The number of benzene rings is 2. The molecule has 6 heteroatoms. The Morgan fingerprint density at radius 3 is 2.64 bits per heavy atom. The molecule has 1 saturated carbocycles. The SMILES string of the molecule is Cc1ccccc1/C(=N\NC=O)c1ccc(N2C(=O)OC3CCCCC32)cc1. The minimum absolute atomic E-state index is 0.00168. The van der Waals surface area contributed by atoms with E-state index in [4.69, 9.17) is 4.74 Å². The van der Waals surface area contributed by atoms with Crippen molar-refractivity contribution in [3.05, 3.63) is 65.2 Å². The first-order valence-electron chi connectivity index (χ1n) is 9.62. The summed E-state index contributed by atoms with van der Waals surface area (Å²) in [5.74, 6) is 0. The van der Waals surface area contributed by atoms with E-state index >= 15 is 0 Å². The van der Waals surface area contributed by atoms with E-state index in [-0.39, 0.29) is 18.2 Å². The molecule has 1 aliphatic heterocycles. The number of hydrogen-bond acceptors (Lipinski definition) is 4. The molecule has 1 saturated heterocycles. The van der Waals surface area contributed by atoms with Crippen LogP contribution in [0.1, 0.15) is 42.4 Å². The molecule has 1 aliphatic carbocycles. The molecule has 2 aromatic rings. The van der Waals surface area contributed by atoms with E-state index in [2.05, 4.69) is 10.5 Å². The molecule has 0 spiro atoms. The molecule has 2 aromatic carbocycles. The van der Waals surface area contributed by atoms with Gasteiger partial charge in [-0.2, -0.15) is 5.10 Å². The monoisotopic (exact) mass is 377 g/mol. The van der Waals surface area contributed by atoms with Crippen LogP contribution in [0.5, 0.6) is 0 Å². The van der Waals surface area contributed by atoms with Gasteiger partial charge in [-0.1, -0.05) is 42.8 Å². The van der Waals surface area contributed by atoms with Gasteiger partial charge in [0.05, 0.1) is 11.8 Å². The highest BCUT2D eigenvalue weighted by Crippen LogP contribution is 2.35. The van der Waals surface area contributed by atoms with Crippen molar-refractivity contribution in [2.45, 2.75) is 44.8 Å². The van der Waals surface area contributed by atoms with Crippen LogP contribution in [0.25, 0.3) is 0 Å². The summed E-state index contributed by atoms with van der Waals surface area (Å²) in [5.41, 5.74) is 6.78. The van der Waals surface area contributed by atoms with Gasteiger partial charge in [-0.3, -0.25) is 9.69 Å². The van der Waals surface area contributed by atoms with Crippen LogP contribution in [-0.4, -0.2) is 30.4 Å². The van der Waals surface area contributed by atoms with Crippen LogP contribution in [0, 0.1) is 6.92 Å². The molecule has 2 unspecified atom stereocenters. The Labute approximate surface area is 164 Å². The second-order valence-corrected chi connectivity index (χ2v) is 7.21. The van der Waals surface area contributed by atoms with E-state index in [0.717, 1.165) is 48.1 Å². The van der Waals surface area contributed by atoms with E-state index < -0.39 is 0 Å². The topological polar surface area (TPSA) is 71.0 Å². The van der Waals surface area contributed by atoms with Gasteiger partial charge in [-0.25, -0.2) is 10.2 Å². The number of aryl methyl sites for hydroxylation is 1. The van der Waals surface area contributed by atoms with Gasteiger partial charge in [-0.15, -0.1) is 0 Å². The summed E-state index contributed by atoms with van der Waals surface area (Å²) in [6.07, 6.45) is 4.43. The third kappa shape index (κ3) is 3.38. The Kier molecular flexibility index (Phi) is 5.10. The highest BCUT2D eigenvalue weighted by Gasteiger charge is 2.43. The maximum Gasteiger partial charge on any atom is 0.415 e. The molecule has 28 heavy (non-hydrogen) atoms. The number of hydrogen-bond donors (Lipinski definition) is 1. The summed E-state index contributed by atoms with van der Waals surface area (Å²) < 4.78 is 5.56. The number of nitrogens with zero attached hydrogens (tertiary/aromatic N) is 2. The first-order chi connectivity index (χ1) is 13.7. The average molecular weight is 377 g/mol. The summed E-state index contributed by atoms with van der Waals surface area (Å²) in [7, 11) is 0. The van der Waals surface area contributed by atoms with Crippen molar-refractivity contribution in [1.82, 2.24) is 5.43 Å². The van der Waals surface area contributed by atoms with Crippen LogP contribution in [0.15, 0.2) is 53.6 Å². The predicted octanol–water partition coefficient (Wildman–Crippen LogP) is 3.76. The van der Waals surface area contributed by atoms with Crippen molar-refractivity contribution in [1.29, 1.82) is 0 Å². The third-order valence-electron chi connectivity index (χ3n) is 5.50. The van der Waals surface area contributed by atoms with Gasteiger partial charge in [-0.05, 0) is 43.9 Å². The number of amides is 2. The van der Waals surface area contributed by atoms with E-state index in [1.807, 2.05) is 55.5 Å². The van der Waals surface area contributed by atoms with Crippen molar-refractivity contribution in [3.63, 3.8) is 0 Å². The van der Waals surface area contributed by atoms with E-state index in [9.17, 15) is 9.59 Å². The number of carbonyl (C=O) groups is 2. The Bertz CT molecular complexity index is 907. The van der Waals surface area contributed by atoms with Crippen LogP contribution in [0.4, 0.5) is 10.5 Å². The molecule has 0 aromatic heterocycles. The predicted molar refractivity (Wildman–Crippen MR) is 107 cm³/mol. The minimum atomic E-state index is -0.264. The smallest absolute Gasteiger partial charge is 0.415 e. The van der Waals surface area contributed by atoms with E-state index in [1.165, 1.54) is 0 Å². The number of ether oxygens (including phenoxy) is 1. The summed E-state index contributed by atoms with van der Waals surface area (Å²) in [6, 6.07) is 15.7. The molecule has 2 fully saturated rings. The molecular formula is C22H23N3O3. The van der Waals surface area contributed by atoms with Gasteiger partial charge >= 0.3 is 6.09 Å². The number of anilines is 1. The number of carbonyl (C=O) groups excluding carboxylic acids is 2. The Morgan fingerprint density at radius 1 is 1.14 bits per heavy atom. The lowest BCUT2D eigenvalue weighted by Gasteiger charge is -2.28. The normalized spacial score (nSPS) is 21.8. The fourth-order valence-electron chi connectivity index (χ4n) is 4.12. The molecule has 1 heterocycles. The summed E-state index contributed by atoms with van der Waals surface area (Å²) in [5, 5.41) is 4.24. The minimum Gasteiger partial charge on any atom is -0.444 e. The van der Waals surface area contributed by atoms with Gasteiger partial charge in [0.1, 0.15) is 6.10 Å². The molecule has 0 bridgehead atoms. The molecule has 2 atom stereocenters. The maximum atomic E-state index is 12.4. The van der Waals surface area contributed by atoms with Crippen LogP contribution in [-0.2, 0) is 9.53 Å². The number of nitrogens with one attached hydrogen (secondary N) is 1. The number of fused-ring (bicyclic) bond motifs is 1. The second-order valence-electron chi connectivity index (χ2n) is 7.21. The Hall–Kier alpha value is -3.15. The summed E-state index contributed by atoms with van der Waals surface area (Å²) in [4.78, 5) is 25.0. The molecule has 0 radical (unpaired) electrons. The van der Waals surface area contributed by atoms with Crippen molar-refractivity contribution in [3.8, 4) is 0 Å². The highest BCUT2D eigenvalue weighted by molar-refractivity contribution is 6.14. The highest BCUT2D eigenvalue weighted by atomic mass is 16.6. The van der Waals surface area contributed by atoms with Gasteiger partial charge < -0.3 is 4.74 Å². The molecule has 2 amide bonds. The van der Waals surface area contributed by atoms with Crippen LogP contribution in [0.3, 0.4) is 0 Å². The lowest BCUT2D eigenvalue weighted by molar-refractivity contribution is -0.109. The second kappa shape index (κ2) is 7.84. The fourth-order valence-corrected chi connectivity index (χ4v) is 4.12. The van der Waals surface area contributed by atoms with E-state index in [1.54, 1.807) is 4.90 Å². The summed E-state index contributed by atoms with van der Waals surface area (Å²) >= 11 is 0. The van der Waals surface area contributed by atoms with Gasteiger partial charge in [0.25, 0.3) is 0 Å². The Balaban J connectivity index is 1.65. The van der Waals surface area contributed by atoms with Gasteiger partial charge in [0.2, 0.25) is 6.41 Å². The lowest BCUT2D eigenvalue weighted by atomic mass is 9.92. The zero-order valence-corrected chi connectivity index (χ0v) is 15.8. The quantitative estimate of drug-likeness (QED) is 0.490. The van der Waals surface area contributed by atoms with Crippen LogP contribution < -0.4 is 10.3 Å². The standard InChI is InChI=1S/C22H23N3O3/c1-15-6-2-3-7-18(15)21(24-23-14-26)16-10-12-17(13-11-16)25-19-8-4-5-9-20(19)28-22(25)27/h2-3,6-7,10-14,19-20H,4-5,8-9H2,1H3,(H,23,26)/b24-21-. The van der Waals surface area contributed by atoms with Crippen molar-refractivity contribution in [2.24, 2.45) is 5.10 Å². The van der Waals surface area contributed by atoms with Crippen LogP contribution in [0.2, 0.25) is 0 Å². The van der Waals surface area contributed by atoms with Gasteiger partial charge in [0, 0.05) is 16.8 Å². The first-order valence-corrected chi connectivity index (χ1v) is 9.62. The first kappa shape index (κ1) is 18.2. The molecular weight excluding hydrogens is 354 g/mol. The van der Waals surface area contributed by atoms with Crippen molar-refractivity contribution < 1.29 is 14.3 Å².